The van der Waals surface area contributed by atoms with E-state index in [0.717, 1.165) is 29.4 Å². The van der Waals surface area contributed by atoms with Gasteiger partial charge in [-0.1, -0.05) is 13.0 Å². The summed E-state index contributed by atoms with van der Waals surface area (Å²) in [6.45, 7) is 4.77. The minimum Gasteiger partial charge on any atom is -0.310 e. The average Bonchev–Trinajstić information content (AvgIpc) is 3.20. The molecule has 1 aliphatic carbocycles. The summed E-state index contributed by atoms with van der Waals surface area (Å²) in [6, 6.07) is 5.50. The van der Waals surface area contributed by atoms with Crippen molar-refractivity contribution in [2.75, 3.05) is 6.54 Å². The Bertz CT molecular complexity index is 626. The Morgan fingerprint density at radius 3 is 3.00 bits per heavy atom. The largest absolute Gasteiger partial charge is 0.310 e. The Morgan fingerprint density at radius 2 is 2.29 bits per heavy atom. The second kappa shape index (κ2) is 6.11. The summed E-state index contributed by atoms with van der Waals surface area (Å²) in [7, 11) is 0. The Labute approximate surface area is 127 Å². The van der Waals surface area contributed by atoms with Crippen LogP contribution in [0.2, 0.25) is 0 Å². The summed E-state index contributed by atoms with van der Waals surface area (Å²) in [4.78, 5) is 0.861. The number of tetrazole rings is 1. The lowest BCUT2D eigenvalue weighted by Gasteiger charge is -2.17. The number of nitrogens with zero attached hydrogens (tertiary/aromatic N) is 4. The number of hydrogen-bond donors (Lipinski definition) is 1. The van der Waals surface area contributed by atoms with Crippen molar-refractivity contribution in [1.29, 1.82) is 0 Å². The molecule has 0 spiro atoms. The van der Waals surface area contributed by atoms with Crippen LogP contribution in [0.25, 0.3) is 0 Å². The zero-order valence-electron chi connectivity index (χ0n) is 12.1. The van der Waals surface area contributed by atoms with Gasteiger partial charge in [-0.15, -0.1) is 5.10 Å². The van der Waals surface area contributed by atoms with Crippen molar-refractivity contribution in [3.8, 4) is 0 Å². The standard InChI is InChI=1S/C14H18FN5S/c1-3-16-9(2)13-11(15)5-4-6-12(13)21-14-17-18-19-20(14)10-7-8-10/h4-6,9-10,16H,3,7-8H2,1-2H3. The number of hydrogen-bond acceptors (Lipinski definition) is 5. The minimum atomic E-state index is -0.195. The lowest BCUT2D eigenvalue weighted by Crippen LogP contribution is -2.19. The van der Waals surface area contributed by atoms with E-state index in [2.05, 4.69) is 20.8 Å². The first-order valence-corrected chi connectivity index (χ1v) is 8.00. The third-order valence-corrected chi connectivity index (χ3v) is 4.54. The molecule has 21 heavy (non-hydrogen) atoms. The molecule has 1 aliphatic rings. The van der Waals surface area contributed by atoms with Gasteiger partial charge in [0, 0.05) is 16.5 Å². The Balaban J connectivity index is 1.91. The van der Waals surface area contributed by atoms with E-state index in [1.807, 2.05) is 24.6 Å². The van der Waals surface area contributed by atoms with Crippen molar-refractivity contribution in [3.63, 3.8) is 0 Å². The van der Waals surface area contributed by atoms with Gasteiger partial charge in [-0.05, 0) is 60.6 Å². The molecule has 0 aliphatic heterocycles. The van der Waals surface area contributed by atoms with Crippen molar-refractivity contribution in [2.45, 2.75) is 48.8 Å². The van der Waals surface area contributed by atoms with E-state index < -0.39 is 0 Å². The third-order valence-electron chi connectivity index (χ3n) is 3.51. The maximum absolute atomic E-state index is 14.2. The van der Waals surface area contributed by atoms with E-state index in [9.17, 15) is 4.39 Å². The molecule has 112 valence electrons. The molecule has 1 unspecified atom stereocenters. The summed E-state index contributed by atoms with van der Waals surface area (Å²) in [5.74, 6) is -0.195. The van der Waals surface area contributed by atoms with E-state index in [0.29, 0.717) is 11.6 Å². The highest BCUT2D eigenvalue weighted by atomic mass is 32.2. The van der Waals surface area contributed by atoms with Gasteiger partial charge in [0.1, 0.15) is 5.82 Å². The van der Waals surface area contributed by atoms with Gasteiger partial charge in [-0.3, -0.25) is 0 Å². The van der Waals surface area contributed by atoms with Crippen LogP contribution in [0.15, 0.2) is 28.3 Å². The van der Waals surface area contributed by atoms with E-state index in [4.69, 9.17) is 0 Å². The van der Waals surface area contributed by atoms with E-state index in [-0.39, 0.29) is 11.9 Å². The maximum atomic E-state index is 14.2. The van der Waals surface area contributed by atoms with Gasteiger partial charge in [0.25, 0.3) is 0 Å². The second-order valence-electron chi connectivity index (χ2n) is 5.17. The van der Waals surface area contributed by atoms with Crippen molar-refractivity contribution in [1.82, 2.24) is 25.5 Å². The first kappa shape index (κ1) is 14.5. The molecule has 1 saturated carbocycles. The highest BCUT2D eigenvalue weighted by Crippen LogP contribution is 2.39. The molecule has 0 saturated heterocycles. The summed E-state index contributed by atoms with van der Waals surface area (Å²) in [5.41, 5.74) is 0.676. The highest BCUT2D eigenvalue weighted by Gasteiger charge is 2.28. The quantitative estimate of drug-likeness (QED) is 0.889. The van der Waals surface area contributed by atoms with Gasteiger partial charge >= 0.3 is 0 Å². The smallest absolute Gasteiger partial charge is 0.214 e. The fraction of sp³-hybridized carbons (Fsp3) is 0.500. The molecule has 7 heteroatoms. The van der Waals surface area contributed by atoms with Gasteiger partial charge in [0.05, 0.1) is 6.04 Å². The number of nitrogens with one attached hydrogen (secondary N) is 1. The van der Waals surface area contributed by atoms with E-state index in [1.165, 1.54) is 17.8 Å². The van der Waals surface area contributed by atoms with Gasteiger partial charge in [-0.25, -0.2) is 9.07 Å². The van der Waals surface area contributed by atoms with E-state index in [1.54, 1.807) is 6.07 Å². The number of benzene rings is 1. The van der Waals surface area contributed by atoms with Gasteiger partial charge < -0.3 is 5.32 Å². The molecule has 1 aromatic heterocycles. The van der Waals surface area contributed by atoms with Crippen molar-refractivity contribution >= 4 is 11.8 Å². The molecule has 0 bridgehead atoms. The van der Waals surface area contributed by atoms with Crippen LogP contribution < -0.4 is 5.32 Å². The van der Waals surface area contributed by atoms with Gasteiger partial charge in [0.15, 0.2) is 0 Å². The number of halogens is 1. The maximum Gasteiger partial charge on any atom is 0.214 e. The van der Waals surface area contributed by atoms with Crippen LogP contribution in [0.4, 0.5) is 4.39 Å². The normalized spacial score (nSPS) is 16.1. The Morgan fingerprint density at radius 1 is 1.48 bits per heavy atom. The van der Waals surface area contributed by atoms with Crippen molar-refractivity contribution < 1.29 is 4.39 Å². The van der Waals surface area contributed by atoms with Crippen LogP contribution in [0.1, 0.15) is 44.3 Å². The molecule has 2 aromatic rings. The van der Waals surface area contributed by atoms with Crippen LogP contribution in [0.5, 0.6) is 0 Å². The molecular formula is C14H18FN5S. The minimum absolute atomic E-state index is 0.0519. The third kappa shape index (κ3) is 3.08. The number of rotatable bonds is 6. The predicted octanol–water partition coefficient (Wildman–Crippen LogP) is 2.97. The topological polar surface area (TPSA) is 55.6 Å². The lowest BCUT2D eigenvalue weighted by atomic mass is 10.1. The fourth-order valence-electron chi connectivity index (χ4n) is 2.33. The molecule has 1 atom stereocenters. The monoisotopic (exact) mass is 307 g/mol. The first-order valence-electron chi connectivity index (χ1n) is 7.18. The summed E-state index contributed by atoms with van der Waals surface area (Å²) < 4.78 is 16.1. The predicted molar refractivity (Wildman–Crippen MR) is 78.7 cm³/mol. The Kier molecular flexibility index (Phi) is 4.21. The van der Waals surface area contributed by atoms with Crippen LogP contribution >= 0.6 is 11.8 Å². The SMILES string of the molecule is CCNC(C)c1c(F)cccc1Sc1nnnn1C1CC1. The molecule has 1 fully saturated rings. The zero-order chi connectivity index (χ0) is 14.8. The molecule has 5 nitrogen and oxygen atoms in total. The van der Waals surface area contributed by atoms with Crippen LogP contribution in [0.3, 0.4) is 0 Å². The van der Waals surface area contributed by atoms with Crippen LogP contribution in [0, 0.1) is 5.82 Å². The lowest BCUT2D eigenvalue weighted by molar-refractivity contribution is 0.530. The molecule has 0 radical (unpaired) electrons. The fourth-order valence-corrected chi connectivity index (χ4v) is 3.42. The van der Waals surface area contributed by atoms with Crippen molar-refractivity contribution in [3.05, 3.63) is 29.6 Å². The summed E-state index contributed by atoms with van der Waals surface area (Å²) in [6.07, 6.45) is 2.23. The van der Waals surface area contributed by atoms with Crippen LogP contribution in [-0.4, -0.2) is 26.8 Å². The van der Waals surface area contributed by atoms with Crippen LogP contribution in [-0.2, 0) is 0 Å². The molecule has 0 amide bonds. The molecule has 1 aromatic carbocycles. The average molecular weight is 307 g/mol. The first-order chi connectivity index (χ1) is 10.2. The highest BCUT2D eigenvalue weighted by molar-refractivity contribution is 7.99. The zero-order valence-corrected chi connectivity index (χ0v) is 12.9. The molecule has 1 heterocycles. The summed E-state index contributed by atoms with van der Waals surface area (Å²) >= 11 is 1.43. The number of aromatic nitrogens is 4. The molecule has 3 rings (SSSR count). The van der Waals surface area contributed by atoms with Gasteiger partial charge in [0.2, 0.25) is 5.16 Å². The van der Waals surface area contributed by atoms with E-state index >= 15 is 0 Å². The summed E-state index contributed by atoms with van der Waals surface area (Å²) in [5, 5.41) is 15.8. The van der Waals surface area contributed by atoms with Gasteiger partial charge in [-0.2, -0.15) is 0 Å². The molecular weight excluding hydrogens is 289 g/mol. The molecule has 1 N–H and O–H groups in total. The Hall–Kier alpha value is -1.47. The van der Waals surface area contributed by atoms with Crippen molar-refractivity contribution in [2.24, 2.45) is 0 Å². The second-order valence-corrected chi connectivity index (χ2v) is 6.18.